The highest BCUT2D eigenvalue weighted by Crippen LogP contribution is 2.47. The van der Waals surface area contributed by atoms with Crippen LogP contribution >= 0.6 is 0 Å². The van der Waals surface area contributed by atoms with Gasteiger partial charge in [-0.05, 0) is 91.1 Å². The zero-order chi connectivity index (χ0) is 34.5. The van der Waals surface area contributed by atoms with Crippen LogP contribution in [0.4, 0.5) is 11.4 Å². The first-order chi connectivity index (χ1) is 25.2. The van der Waals surface area contributed by atoms with E-state index in [1.165, 1.54) is 5.56 Å². The van der Waals surface area contributed by atoms with E-state index in [1.54, 1.807) is 0 Å². The number of hydrogen-bond donors (Lipinski definition) is 0. The van der Waals surface area contributed by atoms with Gasteiger partial charge in [0.05, 0.1) is 41.5 Å². The summed E-state index contributed by atoms with van der Waals surface area (Å²) in [5.41, 5.74) is 10.8. The lowest BCUT2D eigenvalue weighted by Gasteiger charge is -2.20. The molecule has 0 N–H and O–H groups in total. The van der Waals surface area contributed by atoms with Crippen molar-refractivity contribution in [3.63, 3.8) is 0 Å². The fourth-order valence-electron chi connectivity index (χ4n) is 7.66. The lowest BCUT2D eigenvalue weighted by Crippen LogP contribution is -1.97. The molecule has 234 valence electrons. The summed E-state index contributed by atoms with van der Waals surface area (Å²) in [5.74, 6) is 0. The average Bonchev–Trinajstić information content (AvgIpc) is 3.52. The lowest BCUT2D eigenvalue weighted by molar-refractivity contribution is 1.18. The molecule has 1 aromatic heterocycles. The van der Waals surface area contributed by atoms with Crippen LogP contribution in [0.3, 0.4) is 0 Å². The highest BCUT2D eigenvalue weighted by atomic mass is 15.0. The Balaban J connectivity index is 1.33. The first-order valence-corrected chi connectivity index (χ1v) is 16.6. The number of fused-ring (bicyclic) bond motifs is 5. The Morgan fingerprint density at radius 2 is 1.08 bits per heavy atom. The molecule has 0 aliphatic rings. The van der Waals surface area contributed by atoms with Gasteiger partial charge in [-0.15, -0.1) is 0 Å². The normalized spacial score (nSPS) is 11.1. The minimum Gasteiger partial charge on any atom is -0.309 e. The third-order valence-corrected chi connectivity index (χ3v) is 9.84. The number of para-hydroxylation sites is 1. The highest BCUT2D eigenvalue weighted by Gasteiger charge is 2.21. The summed E-state index contributed by atoms with van der Waals surface area (Å²) in [6.07, 6.45) is 0. The minimum atomic E-state index is 0.550. The van der Waals surface area contributed by atoms with Crippen LogP contribution in [0.2, 0.25) is 0 Å². The van der Waals surface area contributed by atoms with Gasteiger partial charge in [0, 0.05) is 10.9 Å². The van der Waals surface area contributed by atoms with Crippen molar-refractivity contribution in [2.45, 2.75) is 0 Å². The molecule has 9 rings (SSSR count). The van der Waals surface area contributed by atoms with Gasteiger partial charge in [-0.25, -0.2) is 9.69 Å². The molecule has 0 spiro atoms. The third kappa shape index (κ3) is 4.66. The van der Waals surface area contributed by atoms with Crippen molar-refractivity contribution in [2.24, 2.45) is 0 Å². The predicted octanol–water partition coefficient (Wildman–Crippen LogP) is 13.1. The van der Waals surface area contributed by atoms with Crippen LogP contribution < -0.4 is 0 Å². The van der Waals surface area contributed by atoms with Crippen molar-refractivity contribution in [1.29, 1.82) is 5.26 Å². The SMILES string of the molecule is [C-]#[N+]c1ccc2c(c1)c1cc(C#N)ccc1n2-c1ccccc1-c1ccc([N+]#[C-])c(-c2c3ccccc3c(-c3ccccc3)c3ccccc23)c1. The van der Waals surface area contributed by atoms with Crippen LogP contribution in [0, 0.1) is 24.5 Å². The second-order valence-corrected chi connectivity index (χ2v) is 12.6. The van der Waals surface area contributed by atoms with Gasteiger partial charge in [-0.1, -0.05) is 121 Å². The first kappa shape index (κ1) is 29.7. The molecule has 0 unspecified atom stereocenters. The molecular formula is C47H26N4. The van der Waals surface area contributed by atoms with Crippen molar-refractivity contribution in [1.82, 2.24) is 4.57 Å². The Hall–Kier alpha value is -7.45. The fourth-order valence-corrected chi connectivity index (χ4v) is 7.66. The second-order valence-electron chi connectivity index (χ2n) is 12.6. The largest absolute Gasteiger partial charge is 0.309 e. The van der Waals surface area contributed by atoms with Gasteiger partial charge in [-0.3, -0.25) is 0 Å². The summed E-state index contributed by atoms with van der Waals surface area (Å²) in [6, 6.07) is 55.7. The zero-order valence-corrected chi connectivity index (χ0v) is 27.3. The first-order valence-electron chi connectivity index (χ1n) is 16.6. The van der Waals surface area contributed by atoms with E-state index in [1.807, 2.05) is 66.7 Å². The summed E-state index contributed by atoms with van der Waals surface area (Å²) >= 11 is 0. The van der Waals surface area contributed by atoms with E-state index in [9.17, 15) is 5.26 Å². The Bertz CT molecular complexity index is 2870. The van der Waals surface area contributed by atoms with Gasteiger partial charge in [0.25, 0.3) is 0 Å². The molecule has 0 bridgehead atoms. The molecular weight excluding hydrogens is 621 g/mol. The smallest absolute Gasteiger partial charge is 0.194 e. The number of nitriles is 1. The molecule has 9 aromatic rings. The molecule has 0 amide bonds. The molecule has 0 atom stereocenters. The number of benzene rings is 8. The molecule has 51 heavy (non-hydrogen) atoms. The molecule has 4 nitrogen and oxygen atoms in total. The average molecular weight is 647 g/mol. The van der Waals surface area contributed by atoms with E-state index in [0.29, 0.717) is 16.9 Å². The number of nitrogens with zero attached hydrogens (tertiary/aromatic N) is 4. The van der Waals surface area contributed by atoms with Crippen LogP contribution in [-0.2, 0) is 0 Å². The maximum absolute atomic E-state index is 9.73. The molecule has 8 aromatic carbocycles. The zero-order valence-electron chi connectivity index (χ0n) is 27.3. The van der Waals surface area contributed by atoms with E-state index in [2.05, 4.69) is 111 Å². The van der Waals surface area contributed by atoms with Gasteiger partial charge < -0.3 is 4.57 Å². The molecule has 0 radical (unpaired) electrons. The second kappa shape index (κ2) is 11.9. The number of aromatic nitrogens is 1. The molecule has 0 aliphatic carbocycles. The maximum atomic E-state index is 9.73. The highest BCUT2D eigenvalue weighted by molar-refractivity contribution is 6.22. The topological polar surface area (TPSA) is 37.4 Å². The predicted molar refractivity (Wildman–Crippen MR) is 209 cm³/mol. The Labute approximate surface area is 294 Å². The van der Waals surface area contributed by atoms with Crippen LogP contribution in [0.15, 0.2) is 158 Å². The Morgan fingerprint density at radius 1 is 0.471 bits per heavy atom. The monoisotopic (exact) mass is 646 g/mol. The number of hydrogen-bond acceptors (Lipinski definition) is 1. The van der Waals surface area contributed by atoms with Crippen LogP contribution in [0.25, 0.3) is 92.1 Å². The molecule has 0 fully saturated rings. The van der Waals surface area contributed by atoms with Gasteiger partial charge in [0.15, 0.2) is 11.4 Å². The molecule has 1 heterocycles. The standard InChI is InChI=1S/C47H26N4/c1-49-33-22-25-45-40(28-33)39-26-30(29-48)20-24-44(39)51(45)43-19-11-10-14-34(43)32-21-23-42(50-2)41(27-32)47-37-17-8-6-15-35(37)46(31-12-4-3-5-13-31)36-16-7-9-18-38(36)47/h3-28H. The molecule has 0 saturated heterocycles. The van der Waals surface area contributed by atoms with Gasteiger partial charge >= 0.3 is 0 Å². The quantitative estimate of drug-likeness (QED) is 0.138. The summed E-state index contributed by atoms with van der Waals surface area (Å²) < 4.78 is 2.22. The van der Waals surface area contributed by atoms with Gasteiger partial charge in [-0.2, -0.15) is 5.26 Å². The summed E-state index contributed by atoms with van der Waals surface area (Å²) in [6.45, 7) is 15.9. The van der Waals surface area contributed by atoms with E-state index in [-0.39, 0.29) is 0 Å². The molecule has 0 aliphatic heterocycles. The summed E-state index contributed by atoms with van der Waals surface area (Å²) in [5, 5.41) is 16.0. The van der Waals surface area contributed by atoms with Crippen molar-refractivity contribution in [3.8, 4) is 45.1 Å². The third-order valence-electron chi connectivity index (χ3n) is 9.84. The van der Waals surface area contributed by atoms with Crippen LogP contribution in [0.1, 0.15) is 5.56 Å². The summed E-state index contributed by atoms with van der Waals surface area (Å²) in [7, 11) is 0. The van der Waals surface area contributed by atoms with Gasteiger partial charge in [0.1, 0.15) is 0 Å². The number of rotatable bonds is 4. The Kier molecular flexibility index (Phi) is 6.93. The minimum absolute atomic E-state index is 0.550. The van der Waals surface area contributed by atoms with E-state index in [0.717, 1.165) is 76.9 Å². The van der Waals surface area contributed by atoms with Crippen LogP contribution in [0.5, 0.6) is 0 Å². The van der Waals surface area contributed by atoms with Gasteiger partial charge in [0.2, 0.25) is 0 Å². The Morgan fingerprint density at radius 3 is 1.75 bits per heavy atom. The maximum Gasteiger partial charge on any atom is 0.194 e. The molecule has 0 saturated carbocycles. The van der Waals surface area contributed by atoms with Crippen molar-refractivity contribution in [3.05, 3.63) is 186 Å². The summed E-state index contributed by atoms with van der Waals surface area (Å²) in [4.78, 5) is 7.75. The van der Waals surface area contributed by atoms with Crippen molar-refractivity contribution >= 4 is 54.7 Å². The molecule has 4 heteroatoms. The van der Waals surface area contributed by atoms with E-state index in [4.69, 9.17) is 13.1 Å². The van der Waals surface area contributed by atoms with E-state index >= 15 is 0 Å². The fraction of sp³-hybridized carbons (Fsp3) is 0. The lowest BCUT2D eigenvalue weighted by atomic mass is 9.85. The van der Waals surface area contributed by atoms with Crippen LogP contribution in [-0.4, -0.2) is 4.57 Å². The van der Waals surface area contributed by atoms with E-state index < -0.39 is 0 Å². The van der Waals surface area contributed by atoms with Crippen molar-refractivity contribution in [2.75, 3.05) is 0 Å². The van der Waals surface area contributed by atoms with Crippen molar-refractivity contribution < 1.29 is 0 Å².